The number of nitriles is 1. The van der Waals surface area contributed by atoms with E-state index in [9.17, 15) is 18.0 Å². The number of cyclic esters (lactones) is 1. The summed E-state index contributed by atoms with van der Waals surface area (Å²) in [7, 11) is 0. The van der Waals surface area contributed by atoms with Crippen molar-refractivity contribution in [1.29, 1.82) is 5.26 Å². The van der Waals surface area contributed by atoms with Crippen molar-refractivity contribution in [2.24, 2.45) is 0 Å². The Bertz CT molecular complexity index is 832. The molecule has 1 aliphatic rings. The minimum atomic E-state index is -4.69. The zero-order chi connectivity index (χ0) is 18.7. The summed E-state index contributed by atoms with van der Waals surface area (Å²) in [6.07, 6.45) is -4.79. The van der Waals surface area contributed by atoms with Crippen LogP contribution in [0.25, 0.3) is 0 Å². The highest BCUT2D eigenvalue weighted by Gasteiger charge is 2.34. The normalized spacial score (nSPS) is 17.9. The van der Waals surface area contributed by atoms with Gasteiger partial charge in [0.1, 0.15) is 23.9 Å². The van der Waals surface area contributed by atoms with Crippen molar-refractivity contribution < 1.29 is 32.0 Å². The molecule has 0 radical (unpaired) electrons. The molecule has 1 aliphatic heterocycles. The standard InChI is InChI=1S/C15H11F3N4O4/c16-15(17,18)12-2-1-8(6-19)13(22-12)25-11(10-3-4-20-26-10)5-9-7-24-14(23)21-9/h1-4,9,11H,5,7H2,(H,21,23). The van der Waals surface area contributed by atoms with E-state index in [0.29, 0.717) is 6.07 Å². The third-order valence-electron chi connectivity index (χ3n) is 3.54. The Morgan fingerprint density at radius 3 is 2.81 bits per heavy atom. The lowest BCUT2D eigenvalue weighted by Crippen LogP contribution is -2.29. The summed E-state index contributed by atoms with van der Waals surface area (Å²) in [5.41, 5.74) is -1.37. The van der Waals surface area contributed by atoms with E-state index in [1.165, 1.54) is 12.3 Å². The van der Waals surface area contributed by atoms with Crippen LogP contribution in [0.4, 0.5) is 18.0 Å². The largest absolute Gasteiger partial charge is 0.465 e. The van der Waals surface area contributed by atoms with Gasteiger partial charge in [-0.05, 0) is 12.1 Å². The van der Waals surface area contributed by atoms with Gasteiger partial charge in [-0.25, -0.2) is 9.78 Å². The van der Waals surface area contributed by atoms with Crippen LogP contribution >= 0.6 is 0 Å². The van der Waals surface area contributed by atoms with Gasteiger partial charge in [0.2, 0.25) is 5.88 Å². The number of nitrogens with one attached hydrogen (secondary N) is 1. The molecule has 0 spiro atoms. The second-order valence-electron chi connectivity index (χ2n) is 5.36. The molecule has 0 bridgehead atoms. The fourth-order valence-electron chi connectivity index (χ4n) is 2.33. The van der Waals surface area contributed by atoms with E-state index in [2.05, 4.69) is 15.5 Å². The van der Waals surface area contributed by atoms with Crippen LogP contribution in [0.3, 0.4) is 0 Å². The van der Waals surface area contributed by atoms with Crippen LogP contribution in [0.1, 0.15) is 29.5 Å². The minimum absolute atomic E-state index is 0.0634. The fraction of sp³-hybridized carbons (Fsp3) is 0.333. The molecule has 2 aromatic rings. The number of alkyl carbamates (subject to hydrolysis) is 1. The molecule has 0 aliphatic carbocycles. The first-order chi connectivity index (χ1) is 12.4. The molecule has 2 atom stereocenters. The summed E-state index contributed by atoms with van der Waals surface area (Å²) in [6.45, 7) is 0.0634. The molecule has 8 nitrogen and oxygen atoms in total. The summed E-state index contributed by atoms with van der Waals surface area (Å²) >= 11 is 0. The minimum Gasteiger partial charge on any atom is -0.465 e. The lowest BCUT2D eigenvalue weighted by atomic mass is 10.1. The molecule has 0 aromatic carbocycles. The third kappa shape index (κ3) is 3.85. The highest BCUT2D eigenvalue weighted by molar-refractivity contribution is 5.69. The Labute approximate surface area is 144 Å². The molecule has 1 amide bonds. The van der Waals surface area contributed by atoms with E-state index >= 15 is 0 Å². The first kappa shape index (κ1) is 17.5. The van der Waals surface area contributed by atoms with Crippen molar-refractivity contribution in [1.82, 2.24) is 15.5 Å². The summed E-state index contributed by atoms with van der Waals surface area (Å²) in [4.78, 5) is 14.5. The lowest BCUT2D eigenvalue weighted by Gasteiger charge is -2.19. The Morgan fingerprint density at radius 1 is 1.42 bits per heavy atom. The van der Waals surface area contributed by atoms with Gasteiger partial charge < -0.3 is 19.3 Å². The molecule has 1 N–H and O–H groups in total. The number of pyridine rings is 1. The number of nitrogens with zero attached hydrogens (tertiary/aromatic N) is 3. The van der Waals surface area contributed by atoms with Crippen molar-refractivity contribution in [2.75, 3.05) is 6.61 Å². The van der Waals surface area contributed by atoms with Gasteiger partial charge >= 0.3 is 12.3 Å². The number of halogens is 3. The lowest BCUT2D eigenvalue weighted by molar-refractivity contribution is -0.141. The van der Waals surface area contributed by atoms with Crippen LogP contribution in [0.15, 0.2) is 28.9 Å². The van der Waals surface area contributed by atoms with Gasteiger partial charge in [0.05, 0.1) is 12.2 Å². The molecule has 1 fully saturated rings. The smallest absolute Gasteiger partial charge is 0.433 e. The molecular weight excluding hydrogens is 357 g/mol. The van der Waals surface area contributed by atoms with E-state index in [-0.39, 0.29) is 24.4 Å². The SMILES string of the molecule is N#Cc1ccc(C(F)(F)F)nc1OC(CC1COC(=O)N1)c1ccno1. The molecule has 0 saturated carbocycles. The van der Waals surface area contributed by atoms with E-state index < -0.39 is 36.0 Å². The summed E-state index contributed by atoms with van der Waals surface area (Å²) < 4.78 is 54.0. The van der Waals surface area contributed by atoms with Crippen molar-refractivity contribution >= 4 is 6.09 Å². The molecule has 3 heterocycles. The number of ether oxygens (including phenoxy) is 2. The second kappa shape index (κ2) is 6.91. The molecule has 2 aromatic heterocycles. The maximum Gasteiger partial charge on any atom is 0.433 e. The average molecular weight is 368 g/mol. The van der Waals surface area contributed by atoms with Gasteiger partial charge in [0.15, 0.2) is 11.9 Å². The van der Waals surface area contributed by atoms with Gasteiger partial charge in [0, 0.05) is 12.5 Å². The van der Waals surface area contributed by atoms with Gasteiger partial charge in [-0.3, -0.25) is 0 Å². The van der Waals surface area contributed by atoms with Gasteiger partial charge in [0.25, 0.3) is 0 Å². The van der Waals surface area contributed by atoms with Crippen molar-refractivity contribution in [3.05, 3.63) is 41.4 Å². The Kier molecular flexibility index (Phi) is 4.66. The molecule has 2 unspecified atom stereocenters. The number of amides is 1. The predicted molar refractivity (Wildman–Crippen MR) is 76.7 cm³/mol. The summed E-state index contributed by atoms with van der Waals surface area (Å²) in [5, 5.41) is 15.2. The van der Waals surface area contributed by atoms with E-state index in [0.717, 1.165) is 6.07 Å². The summed E-state index contributed by atoms with van der Waals surface area (Å²) in [5.74, 6) is -0.289. The Hall–Kier alpha value is -3.29. The molecular formula is C15H11F3N4O4. The highest BCUT2D eigenvalue weighted by Crippen LogP contribution is 2.32. The highest BCUT2D eigenvalue weighted by atomic mass is 19.4. The fourth-order valence-corrected chi connectivity index (χ4v) is 2.33. The zero-order valence-corrected chi connectivity index (χ0v) is 13.0. The predicted octanol–water partition coefficient (Wildman–Crippen LogP) is 2.58. The van der Waals surface area contributed by atoms with Crippen molar-refractivity contribution in [2.45, 2.75) is 24.7 Å². The maximum absolute atomic E-state index is 12.9. The van der Waals surface area contributed by atoms with Crippen LogP contribution in [0, 0.1) is 11.3 Å². The number of carbonyl (C=O) groups excluding carboxylic acids is 1. The van der Waals surface area contributed by atoms with Crippen molar-refractivity contribution in [3.8, 4) is 11.9 Å². The number of alkyl halides is 3. The molecule has 1 saturated heterocycles. The average Bonchev–Trinajstić information content (AvgIpc) is 3.25. The van der Waals surface area contributed by atoms with E-state index in [1.54, 1.807) is 6.07 Å². The molecule has 3 rings (SSSR count). The number of rotatable bonds is 5. The molecule has 136 valence electrons. The number of carbonyl (C=O) groups is 1. The first-order valence-electron chi connectivity index (χ1n) is 7.35. The van der Waals surface area contributed by atoms with Gasteiger partial charge in [-0.1, -0.05) is 5.16 Å². The molecule has 26 heavy (non-hydrogen) atoms. The number of hydrogen-bond donors (Lipinski definition) is 1. The van der Waals surface area contributed by atoms with Gasteiger partial charge in [-0.15, -0.1) is 0 Å². The molecule has 11 heteroatoms. The van der Waals surface area contributed by atoms with E-state index in [4.69, 9.17) is 19.3 Å². The van der Waals surface area contributed by atoms with Crippen LogP contribution in [-0.4, -0.2) is 28.9 Å². The van der Waals surface area contributed by atoms with Crippen LogP contribution in [0.2, 0.25) is 0 Å². The van der Waals surface area contributed by atoms with E-state index in [1.807, 2.05) is 0 Å². The monoisotopic (exact) mass is 368 g/mol. The number of hydrogen-bond acceptors (Lipinski definition) is 7. The second-order valence-corrected chi connectivity index (χ2v) is 5.36. The van der Waals surface area contributed by atoms with Gasteiger partial charge in [-0.2, -0.15) is 18.4 Å². The van der Waals surface area contributed by atoms with Crippen LogP contribution in [-0.2, 0) is 10.9 Å². The van der Waals surface area contributed by atoms with Crippen molar-refractivity contribution in [3.63, 3.8) is 0 Å². The van der Waals surface area contributed by atoms with Crippen LogP contribution in [0.5, 0.6) is 5.88 Å². The first-order valence-corrected chi connectivity index (χ1v) is 7.35. The third-order valence-corrected chi connectivity index (χ3v) is 3.54. The maximum atomic E-state index is 12.9. The zero-order valence-electron chi connectivity index (χ0n) is 13.0. The quantitative estimate of drug-likeness (QED) is 0.863. The topological polar surface area (TPSA) is 110 Å². The Balaban J connectivity index is 1.89. The Morgan fingerprint density at radius 2 is 2.23 bits per heavy atom. The van der Waals surface area contributed by atoms with Crippen LogP contribution < -0.4 is 10.1 Å². The summed E-state index contributed by atoms with van der Waals surface area (Å²) in [6, 6.07) is 4.41. The number of aromatic nitrogens is 2.